The maximum atomic E-state index is 6.01. The zero-order chi connectivity index (χ0) is 13.7. The first-order valence-electron chi connectivity index (χ1n) is 8.52. The molecule has 3 saturated heterocycles. The maximum Gasteiger partial charge on any atom is 0.0711 e. The van der Waals surface area contributed by atoms with Gasteiger partial charge in [0.1, 0.15) is 0 Å². The summed E-state index contributed by atoms with van der Waals surface area (Å²) in [6.45, 7) is 6.19. The molecule has 0 saturated carbocycles. The Kier molecular flexibility index (Phi) is 5.32. The van der Waals surface area contributed by atoms with Crippen molar-refractivity contribution in [2.45, 2.75) is 56.6 Å². The van der Waals surface area contributed by atoms with E-state index in [4.69, 9.17) is 9.47 Å². The Labute approximate surface area is 123 Å². The van der Waals surface area contributed by atoms with E-state index >= 15 is 0 Å². The van der Waals surface area contributed by atoms with Crippen LogP contribution in [0.25, 0.3) is 0 Å². The molecule has 3 fully saturated rings. The van der Waals surface area contributed by atoms with Crippen LogP contribution in [0.15, 0.2) is 0 Å². The molecule has 0 amide bonds. The van der Waals surface area contributed by atoms with Gasteiger partial charge >= 0.3 is 0 Å². The second-order valence-corrected chi connectivity index (χ2v) is 6.82. The van der Waals surface area contributed by atoms with Crippen LogP contribution in [0.5, 0.6) is 0 Å². The lowest BCUT2D eigenvalue weighted by molar-refractivity contribution is -0.0421. The second-order valence-electron chi connectivity index (χ2n) is 6.82. The summed E-state index contributed by atoms with van der Waals surface area (Å²) in [7, 11) is 0. The van der Waals surface area contributed by atoms with Gasteiger partial charge in [-0.05, 0) is 70.5 Å². The lowest BCUT2D eigenvalue weighted by Crippen LogP contribution is -2.49. The van der Waals surface area contributed by atoms with Gasteiger partial charge in [-0.1, -0.05) is 0 Å². The standard InChI is InChI=1S/C16H30N2O2/c1-3-14(12-17-7-1)4-10-19-13-15-11-16(6-8-18-15)5-2-9-20-16/h14-15,17-18H,1-13H2. The average Bonchev–Trinajstić information content (AvgIpc) is 2.93. The first kappa shape index (κ1) is 14.8. The van der Waals surface area contributed by atoms with Crippen molar-refractivity contribution in [3.63, 3.8) is 0 Å². The molecular weight excluding hydrogens is 252 g/mol. The molecule has 3 rings (SSSR count). The van der Waals surface area contributed by atoms with Crippen LogP contribution in [-0.2, 0) is 9.47 Å². The third-order valence-electron chi connectivity index (χ3n) is 5.21. The van der Waals surface area contributed by atoms with Crippen LogP contribution in [0.3, 0.4) is 0 Å². The molecule has 1 spiro atoms. The Morgan fingerprint density at radius 2 is 2.20 bits per heavy atom. The highest BCUT2D eigenvalue weighted by atomic mass is 16.5. The Bertz CT molecular complexity index is 286. The lowest BCUT2D eigenvalue weighted by Gasteiger charge is -2.38. The lowest BCUT2D eigenvalue weighted by atomic mass is 9.85. The van der Waals surface area contributed by atoms with Gasteiger partial charge in [-0.2, -0.15) is 0 Å². The predicted molar refractivity (Wildman–Crippen MR) is 80.0 cm³/mol. The summed E-state index contributed by atoms with van der Waals surface area (Å²) >= 11 is 0. The van der Waals surface area contributed by atoms with E-state index in [1.54, 1.807) is 0 Å². The van der Waals surface area contributed by atoms with Crippen LogP contribution in [0, 0.1) is 5.92 Å². The molecule has 0 radical (unpaired) electrons. The summed E-state index contributed by atoms with van der Waals surface area (Å²) < 4.78 is 11.9. The van der Waals surface area contributed by atoms with E-state index in [1.165, 1.54) is 51.6 Å². The Morgan fingerprint density at radius 1 is 1.20 bits per heavy atom. The van der Waals surface area contributed by atoms with E-state index in [-0.39, 0.29) is 5.60 Å². The van der Waals surface area contributed by atoms with E-state index in [2.05, 4.69) is 10.6 Å². The maximum absolute atomic E-state index is 6.01. The molecule has 2 N–H and O–H groups in total. The molecule has 3 atom stereocenters. The quantitative estimate of drug-likeness (QED) is 0.753. The molecular formula is C16H30N2O2. The Morgan fingerprint density at radius 3 is 3.00 bits per heavy atom. The smallest absolute Gasteiger partial charge is 0.0711 e. The van der Waals surface area contributed by atoms with Gasteiger partial charge < -0.3 is 20.1 Å². The highest BCUT2D eigenvalue weighted by Crippen LogP contribution is 2.35. The van der Waals surface area contributed by atoms with Crippen molar-refractivity contribution in [1.82, 2.24) is 10.6 Å². The SMILES string of the molecule is C1CNCC(CCOCC2CC3(CCCO3)CCN2)C1. The fraction of sp³-hybridized carbons (Fsp3) is 1.00. The Balaban J connectivity index is 1.31. The molecule has 20 heavy (non-hydrogen) atoms. The van der Waals surface area contributed by atoms with E-state index in [1.807, 2.05) is 0 Å². The second kappa shape index (κ2) is 7.21. The van der Waals surface area contributed by atoms with E-state index in [0.29, 0.717) is 6.04 Å². The first-order chi connectivity index (χ1) is 9.86. The molecule has 3 unspecified atom stereocenters. The molecule has 0 aromatic carbocycles. The summed E-state index contributed by atoms with van der Waals surface area (Å²) in [5.41, 5.74) is 0.187. The van der Waals surface area contributed by atoms with Crippen LogP contribution in [0.2, 0.25) is 0 Å². The summed E-state index contributed by atoms with van der Waals surface area (Å²) in [4.78, 5) is 0. The number of hydrogen-bond donors (Lipinski definition) is 2. The topological polar surface area (TPSA) is 42.5 Å². The highest BCUT2D eigenvalue weighted by Gasteiger charge is 2.39. The van der Waals surface area contributed by atoms with Gasteiger partial charge in [-0.15, -0.1) is 0 Å². The number of hydrogen-bond acceptors (Lipinski definition) is 4. The van der Waals surface area contributed by atoms with E-state index in [9.17, 15) is 0 Å². The first-order valence-corrected chi connectivity index (χ1v) is 8.52. The van der Waals surface area contributed by atoms with Gasteiger partial charge in [0.05, 0.1) is 12.2 Å². The molecule has 4 nitrogen and oxygen atoms in total. The van der Waals surface area contributed by atoms with E-state index in [0.717, 1.165) is 38.7 Å². The van der Waals surface area contributed by atoms with Crippen molar-refractivity contribution in [3.05, 3.63) is 0 Å². The summed E-state index contributed by atoms with van der Waals surface area (Å²) in [6.07, 6.45) is 8.71. The van der Waals surface area contributed by atoms with Gasteiger partial charge in [0, 0.05) is 19.3 Å². The third-order valence-corrected chi connectivity index (χ3v) is 5.21. The van der Waals surface area contributed by atoms with Gasteiger partial charge in [0.25, 0.3) is 0 Å². The number of piperidine rings is 2. The van der Waals surface area contributed by atoms with Gasteiger partial charge in [-0.3, -0.25) is 0 Å². The third kappa shape index (κ3) is 3.94. The van der Waals surface area contributed by atoms with Gasteiger partial charge in [-0.25, -0.2) is 0 Å². The molecule has 3 aliphatic heterocycles. The van der Waals surface area contributed by atoms with Crippen LogP contribution in [0.1, 0.15) is 44.9 Å². The fourth-order valence-electron chi connectivity index (χ4n) is 4.00. The van der Waals surface area contributed by atoms with Gasteiger partial charge in [0.15, 0.2) is 0 Å². The van der Waals surface area contributed by atoms with Gasteiger partial charge in [0.2, 0.25) is 0 Å². The zero-order valence-corrected chi connectivity index (χ0v) is 12.7. The predicted octanol–water partition coefficient (Wildman–Crippen LogP) is 1.69. The Hall–Kier alpha value is -0.160. The molecule has 4 heteroatoms. The van der Waals surface area contributed by atoms with Crippen LogP contribution in [0.4, 0.5) is 0 Å². The molecule has 3 heterocycles. The minimum absolute atomic E-state index is 0.187. The molecule has 0 bridgehead atoms. The highest BCUT2D eigenvalue weighted by molar-refractivity contribution is 4.94. The van der Waals surface area contributed by atoms with Crippen LogP contribution < -0.4 is 10.6 Å². The van der Waals surface area contributed by atoms with Crippen molar-refractivity contribution in [1.29, 1.82) is 0 Å². The van der Waals surface area contributed by atoms with Crippen molar-refractivity contribution >= 4 is 0 Å². The zero-order valence-electron chi connectivity index (χ0n) is 12.7. The number of nitrogens with one attached hydrogen (secondary N) is 2. The van der Waals surface area contributed by atoms with Crippen molar-refractivity contribution in [2.24, 2.45) is 5.92 Å². The molecule has 0 aliphatic carbocycles. The van der Waals surface area contributed by atoms with Crippen molar-refractivity contribution in [3.8, 4) is 0 Å². The average molecular weight is 282 g/mol. The normalized spacial score (nSPS) is 38.4. The summed E-state index contributed by atoms with van der Waals surface area (Å²) in [5, 5.41) is 7.06. The van der Waals surface area contributed by atoms with Crippen molar-refractivity contribution < 1.29 is 9.47 Å². The van der Waals surface area contributed by atoms with Crippen molar-refractivity contribution in [2.75, 3.05) is 39.5 Å². The minimum atomic E-state index is 0.187. The molecule has 0 aromatic heterocycles. The van der Waals surface area contributed by atoms with Crippen LogP contribution >= 0.6 is 0 Å². The monoisotopic (exact) mass is 282 g/mol. The van der Waals surface area contributed by atoms with E-state index < -0.39 is 0 Å². The molecule has 116 valence electrons. The molecule has 3 aliphatic rings. The summed E-state index contributed by atoms with van der Waals surface area (Å²) in [6, 6.07) is 0.492. The molecule has 0 aromatic rings. The minimum Gasteiger partial charge on any atom is -0.380 e. The van der Waals surface area contributed by atoms with Crippen LogP contribution in [-0.4, -0.2) is 51.1 Å². The number of ether oxygens (including phenoxy) is 2. The fourth-order valence-corrected chi connectivity index (χ4v) is 4.00. The largest absolute Gasteiger partial charge is 0.380 e. The summed E-state index contributed by atoms with van der Waals surface area (Å²) in [5.74, 6) is 0.826. The number of rotatable bonds is 5.